The Morgan fingerprint density at radius 2 is 1.83 bits per heavy atom. The number of nitrogens with one attached hydrogen (secondary N) is 3. The first-order chi connectivity index (χ1) is 11.6. The molecule has 1 aromatic rings. The molecule has 6 heteroatoms. The van der Waals surface area contributed by atoms with Gasteiger partial charge in [-0.3, -0.25) is 4.79 Å². The normalized spacial score (nSPS) is 22.7. The number of rotatable bonds is 4. The van der Waals surface area contributed by atoms with Crippen LogP contribution in [0.4, 0.5) is 9.18 Å². The van der Waals surface area contributed by atoms with Crippen LogP contribution >= 0.6 is 0 Å². The third-order valence-electron chi connectivity index (χ3n) is 4.98. The highest BCUT2D eigenvalue weighted by atomic mass is 19.1. The van der Waals surface area contributed by atoms with Crippen LogP contribution in [0.15, 0.2) is 24.3 Å². The first-order valence-corrected chi connectivity index (χ1v) is 8.73. The minimum absolute atomic E-state index is 0.129. The van der Waals surface area contributed by atoms with Crippen molar-refractivity contribution in [3.8, 4) is 0 Å². The molecule has 1 saturated carbocycles. The maximum absolute atomic E-state index is 13.2. The van der Waals surface area contributed by atoms with Gasteiger partial charge in [0.15, 0.2) is 0 Å². The van der Waals surface area contributed by atoms with Crippen molar-refractivity contribution in [3.05, 3.63) is 35.6 Å². The number of amides is 3. The van der Waals surface area contributed by atoms with E-state index >= 15 is 0 Å². The van der Waals surface area contributed by atoms with Gasteiger partial charge in [0.05, 0.1) is 6.04 Å². The number of carbonyl (C=O) groups is 2. The van der Waals surface area contributed by atoms with Gasteiger partial charge in [-0.05, 0) is 49.3 Å². The molecule has 3 amide bonds. The molecule has 24 heavy (non-hydrogen) atoms. The summed E-state index contributed by atoms with van der Waals surface area (Å²) in [7, 11) is 0. The Kier molecular flexibility index (Phi) is 5.33. The van der Waals surface area contributed by atoms with Crippen LogP contribution in [-0.2, 0) is 4.79 Å². The Morgan fingerprint density at radius 1 is 1.12 bits per heavy atom. The molecule has 0 bridgehead atoms. The SMILES string of the molecule is O=C(N[C@H]1CCCNC1=O)N[C@H](c1ccc(F)cc1)C1CCCC1. The number of carbonyl (C=O) groups excluding carboxylic acids is 2. The van der Waals surface area contributed by atoms with Crippen LogP contribution in [0.25, 0.3) is 0 Å². The van der Waals surface area contributed by atoms with E-state index < -0.39 is 6.04 Å². The van der Waals surface area contributed by atoms with Crippen molar-refractivity contribution in [2.24, 2.45) is 5.92 Å². The van der Waals surface area contributed by atoms with Gasteiger partial charge in [-0.1, -0.05) is 25.0 Å². The van der Waals surface area contributed by atoms with Gasteiger partial charge in [0.2, 0.25) is 5.91 Å². The van der Waals surface area contributed by atoms with Crippen LogP contribution in [0.5, 0.6) is 0 Å². The number of piperidine rings is 1. The monoisotopic (exact) mass is 333 g/mol. The summed E-state index contributed by atoms with van der Waals surface area (Å²) in [5.74, 6) is -0.0655. The zero-order chi connectivity index (χ0) is 16.9. The molecule has 0 aromatic heterocycles. The smallest absolute Gasteiger partial charge is 0.315 e. The maximum Gasteiger partial charge on any atom is 0.315 e. The number of halogens is 1. The molecule has 1 aromatic carbocycles. The van der Waals surface area contributed by atoms with E-state index in [0.29, 0.717) is 18.9 Å². The summed E-state index contributed by atoms with van der Waals surface area (Å²) in [4.78, 5) is 24.2. The molecule has 1 aliphatic carbocycles. The van der Waals surface area contributed by atoms with Crippen LogP contribution in [0.1, 0.15) is 50.1 Å². The molecule has 3 rings (SSSR count). The molecule has 0 unspecified atom stereocenters. The van der Waals surface area contributed by atoms with E-state index in [1.807, 2.05) is 0 Å². The fourth-order valence-corrected chi connectivity index (χ4v) is 3.69. The van der Waals surface area contributed by atoms with Crippen molar-refractivity contribution in [2.75, 3.05) is 6.54 Å². The summed E-state index contributed by atoms with van der Waals surface area (Å²) in [6.07, 6.45) is 5.91. The van der Waals surface area contributed by atoms with Gasteiger partial charge in [0, 0.05) is 6.54 Å². The Hall–Kier alpha value is -2.11. The molecule has 1 aliphatic heterocycles. The van der Waals surface area contributed by atoms with Crippen molar-refractivity contribution in [1.29, 1.82) is 0 Å². The molecule has 0 spiro atoms. The number of hydrogen-bond acceptors (Lipinski definition) is 2. The second-order valence-electron chi connectivity index (χ2n) is 6.68. The van der Waals surface area contributed by atoms with Crippen molar-refractivity contribution in [2.45, 2.75) is 50.6 Å². The molecular formula is C18H24FN3O2. The molecule has 2 atom stereocenters. The van der Waals surface area contributed by atoms with E-state index in [9.17, 15) is 14.0 Å². The molecule has 2 fully saturated rings. The highest BCUT2D eigenvalue weighted by Crippen LogP contribution is 2.35. The molecule has 2 aliphatic rings. The summed E-state index contributed by atoms with van der Waals surface area (Å²) >= 11 is 0. The lowest BCUT2D eigenvalue weighted by atomic mass is 9.91. The predicted molar refractivity (Wildman–Crippen MR) is 88.8 cm³/mol. The van der Waals surface area contributed by atoms with E-state index in [-0.39, 0.29) is 23.8 Å². The quantitative estimate of drug-likeness (QED) is 0.793. The minimum Gasteiger partial charge on any atom is -0.354 e. The van der Waals surface area contributed by atoms with Crippen molar-refractivity contribution >= 4 is 11.9 Å². The fraction of sp³-hybridized carbons (Fsp3) is 0.556. The molecule has 3 N–H and O–H groups in total. The van der Waals surface area contributed by atoms with Crippen LogP contribution in [0.2, 0.25) is 0 Å². The zero-order valence-electron chi connectivity index (χ0n) is 13.7. The second-order valence-corrected chi connectivity index (χ2v) is 6.68. The van der Waals surface area contributed by atoms with Crippen LogP contribution in [0, 0.1) is 11.7 Å². The largest absolute Gasteiger partial charge is 0.354 e. The van der Waals surface area contributed by atoms with Gasteiger partial charge < -0.3 is 16.0 Å². The summed E-state index contributed by atoms with van der Waals surface area (Å²) < 4.78 is 13.2. The first kappa shape index (κ1) is 16.7. The van der Waals surface area contributed by atoms with Crippen LogP contribution in [-0.4, -0.2) is 24.5 Å². The Morgan fingerprint density at radius 3 is 2.50 bits per heavy atom. The Balaban J connectivity index is 1.67. The fourth-order valence-electron chi connectivity index (χ4n) is 3.69. The van der Waals surface area contributed by atoms with E-state index in [4.69, 9.17) is 0 Å². The van der Waals surface area contributed by atoms with Gasteiger partial charge >= 0.3 is 6.03 Å². The molecule has 130 valence electrons. The predicted octanol–water partition coefficient (Wildman–Crippen LogP) is 2.63. The van der Waals surface area contributed by atoms with Gasteiger partial charge in [-0.25, -0.2) is 9.18 Å². The van der Waals surface area contributed by atoms with E-state index in [0.717, 1.165) is 37.7 Å². The molecule has 0 radical (unpaired) electrons. The summed E-state index contributed by atoms with van der Waals surface area (Å²) in [5.41, 5.74) is 0.909. The summed E-state index contributed by atoms with van der Waals surface area (Å²) in [6.45, 7) is 0.666. The second kappa shape index (κ2) is 7.64. The first-order valence-electron chi connectivity index (χ1n) is 8.73. The number of benzene rings is 1. The molecule has 1 saturated heterocycles. The zero-order valence-corrected chi connectivity index (χ0v) is 13.7. The van der Waals surface area contributed by atoms with E-state index in [1.54, 1.807) is 12.1 Å². The average molecular weight is 333 g/mol. The van der Waals surface area contributed by atoms with Gasteiger partial charge in [-0.15, -0.1) is 0 Å². The maximum atomic E-state index is 13.2. The van der Waals surface area contributed by atoms with Crippen LogP contribution in [0.3, 0.4) is 0 Å². The van der Waals surface area contributed by atoms with Crippen molar-refractivity contribution in [1.82, 2.24) is 16.0 Å². The third kappa shape index (κ3) is 4.04. The van der Waals surface area contributed by atoms with Crippen LogP contribution < -0.4 is 16.0 Å². The average Bonchev–Trinajstić information content (AvgIpc) is 3.10. The molecule has 1 heterocycles. The summed E-state index contributed by atoms with van der Waals surface area (Å²) in [5, 5.41) is 8.54. The van der Waals surface area contributed by atoms with Crippen molar-refractivity contribution < 1.29 is 14.0 Å². The third-order valence-corrected chi connectivity index (χ3v) is 4.98. The molecule has 5 nitrogen and oxygen atoms in total. The lowest BCUT2D eigenvalue weighted by molar-refractivity contribution is -0.124. The highest BCUT2D eigenvalue weighted by molar-refractivity contribution is 5.87. The number of hydrogen-bond donors (Lipinski definition) is 3. The Bertz CT molecular complexity index is 584. The van der Waals surface area contributed by atoms with E-state index in [1.165, 1.54) is 12.1 Å². The Labute approximate surface area is 141 Å². The lowest BCUT2D eigenvalue weighted by Gasteiger charge is -2.28. The van der Waals surface area contributed by atoms with Gasteiger partial charge in [0.25, 0.3) is 0 Å². The topological polar surface area (TPSA) is 70.2 Å². The lowest BCUT2D eigenvalue weighted by Crippen LogP contribution is -2.53. The highest BCUT2D eigenvalue weighted by Gasteiger charge is 2.29. The molecular weight excluding hydrogens is 309 g/mol. The standard InChI is InChI=1S/C18H24FN3O2/c19-14-9-7-13(8-10-14)16(12-4-1-2-5-12)22-18(24)21-15-6-3-11-20-17(15)23/h7-10,12,15-16H,1-6,11H2,(H,20,23)(H2,21,22,24)/t15-,16-/m0/s1. The van der Waals surface area contributed by atoms with Gasteiger partial charge in [-0.2, -0.15) is 0 Å². The minimum atomic E-state index is -0.476. The van der Waals surface area contributed by atoms with Crippen molar-refractivity contribution in [3.63, 3.8) is 0 Å². The number of urea groups is 1. The van der Waals surface area contributed by atoms with E-state index in [2.05, 4.69) is 16.0 Å². The van der Waals surface area contributed by atoms with Gasteiger partial charge in [0.1, 0.15) is 11.9 Å². The summed E-state index contributed by atoms with van der Waals surface area (Å²) in [6, 6.07) is 5.34.